The Morgan fingerprint density at radius 3 is 2.68 bits per heavy atom. The Bertz CT molecular complexity index is 428. The fraction of sp³-hybridized carbons (Fsp3) is 0.667. The summed E-state index contributed by atoms with van der Waals surface area (Å²) < 4.78 is 0. The van der Waals surface area contributed by atoms with E-state index in [0.29, 0.717) is 18.0 Å². The predicted octanol–water partition coefficient (Wildman–Crippen LogP) is 1.92. The number of nitrogens with one attached hydrogen (secondary N) is 3. The average Bonchev–Trinajstić information content (AvgIpc) is 3.04. The largest absolute Gasteiger partial charge is 0.313 e. The van der Waals surface area contributed by atoms with E-state index in [4.69, 9.17) is 0 Å². The van der Waals surface area contributed by atoms with Crippen molar-refractivity contribution in [3.63, 3.8) is 0 Å². The van der Waals surface area contributed by atoms with Crippen LogP contribution in [0.15, 0.2) is 30.3 Å². The summed E-state index contributed by atoms with van der Waals surface area (Å²) in [6.45, 7) is 8.19. The second-order valence-corrected chi connectivity index (χ2v) is 6.70. The third kappa shape index (κ3) is 4.07. The highest BCUT2D eigenvalue weighted by atomic mass is 15.4. The Kier molecular flexibility index (Phi) is 5.84. The molecular weight excluding hydrogens is 272 g/mol. The molecule has 4 nitrogen and oxygen atoms in total. The molecule has 0 aromatic heterocycles. The van der Waals surface area contributed by atoms with Gasteiger partial charge >= 0.3 is 0 Å². The molecule has 3 N–H and O–H groups in total. The third-order valence-electron chi connectivity index (χ3n) is 5.05. The molecule has 0 radical (unpaired) electrons. The van der Waals surface area contributed by atoms with Crippen LogP contribution in [0.3, 0.4) is 0 Å². The number of rotatable bonds is 6. The van der Waals surface area contributed by atoms with Crippen molar-refractivity contribution in [2.24, 2.45) is 5.92 Å². The Labute approximate surface area is 134 Å². The molecule has 2 heterocycles. The summed E-state index contributed by atoms with van der Waals surface area (Å²) >= 11 is 0. The Morgan fingerprint density at radius 2 is 1.95 bits per heavy atom. The van der Waals surface area contributed by atoms with Gasteiger partial charge in [-0.3, -0.25) is 5.43 Å². The molecule has 4 heteroatoms. The highest BCUT2D eigenvalue weighted by molar-refractivity contribution is 5.20. The number of hydrogen-bond acceptors (Lipinski definition) is 4. The van der Waals surface area contributed by atoms with Crippen molar-refractivity contribution >= 4 is 0 Å². The van der Waals surface area contributed by atoms with Crippen LogP contribution in [0.5, 0.6) is 0 Å². The van der Waals surface area contributed by atoms with Crippen molar-refractivity contribution in [1.29, 1.82) is 0 Å². The first-order chi connectivity index (χ1) is 10.9. The van der Waals surface area contributed by atoms with E-state index in [9.17, 15) is 0 Å². The highest BCUT2D eigenvalue weighted by Gasteiger charge is 2.29. The number of hydrazine groups is 1. The van der Waals surface area contributed by atoms with Crippen molar-refractivity contribution in [2.75, 3.05) is 32.7 Å². The minimum absolute atomic E-state index is 0.425. The monoisotopic (exact) mass is 302 g/mol. The number of piperidine rings is 1. The maximum absolute atomic E-state index is 3.82. The quantitative estimate of drug-likeness (QED) is 0.751. The van der Waals surface area contributed by atoms with Gasteiger partial charge in [-0.15, -0.1) is 0 Å². The molecule has 2 unspecified atom stereocenters. The van der Waals surface area contributed by atoms with Crippen LogP contribution in [0.25, 0.3) is 0 Å². The molecule has 0 amide bonds. The molecule has 2 aliphatic rings. The summed E-state index contributed by atoms with van der Waals surface area (Å²) in [5.41, 5.74) is 8.16. The lowest BCUT2D eigenvalue weighted by atomic mass is 9.94. The maximum Gasteiger partial charge on any atom is 0.0515 e. The molecule has 22 heavy (non-hydrogen) atoms. The highest BCUT2D eigenvalue weighted by Crippen LogP contribution is 2.24. The van der Waals surface area contributed by atoms with Crippen LogP contribution in [-0.4, -0.2) is 43.7 Å². The van der Waals surface area contributed by atoms with Gasteiger partial charge in [0.2, 0.25) is 0 Å². The van der Waals surface area contributed by atoms with E-state index >= 15 is 0 Å². The lowest BCUT2D eigenvalue weighted by Gasteiger charge is -2.33. The molecule has 0 spiro atoms. The summed E-state index contributed by atoms with van der Waals surface area (Å²) in [4.78, 5) is 2.60. The van der Waals surface area contributed by atoms with Gasteiger partial charge in [-0.1, -0.05) is 37.3 Å². The molecule has 0 aliphatic carbocycles. The van der Waals surface area contributed by atoms with Crippen LogP contribution >= 0.6 is 0 Å². The molecule has 2 atom stereocenters. The summed E-state index contributed by atoms with van der Waals surface area (Å²) in [5.74, 6) is 0.621. The van der Waals surface area contributed by atoms with E-state index in [2.05, 4.69) is 58.3 Å². The summed E-state index contributed by atoms with van der Waals surface area (Å²) in [6.07, 6.45) is 3.86. The van der Waals surface area contributed by atoms with E-state index in [0.717, 1.165) is 13.1 Å². The van der Waals surface area contributed by atoms with Crippen LogP contribution in [0, 0.1) is 5.92 Å². The second kappa shape index (κ2) is 8.06. The Morgan fingerprint density at radius 1 is 1.18 bits per heavy atom. The number of nitrogens with zero attached hydrogens (tertiary/aromatic N) is 1. The average molecular weight is 302 g/mol. The minimum atomic E-state index is 0.425. The minimum Gasteiger partial charge on any atom is -0.313 e. The van der Waals surface area contributed by atoms with Crippen LogP contribution in [0.4, 0.5) is 0 Å². The molecule has 1 aromatic carbocycles. The normalized spacial score (nSPS) is 27.3. The van der Waals surface area contributed by atoms with Crippen LogP contribution < -0.4 is 16.2 Å². The summed E-state index contributed by atoms with van der Waals surface area (Å²) in [5, 5.41) is 3.82. The van der Waals surface area contributed by atoms with Crippen molar-refractivity contribution in [3.8, 4) is 0 Å². The molecule has 2 fully saturated rings. The van der Waals surface area contributed by atoms with Gasteiger partial charge in [0.05, 0.1) is 6.04 Å². The van der Waals surface area contributed by atoms with Crippen molar-refractivity contribution in [1.82, 2.24) is 21.1 Å². The standard InChI is InChI=1S/C18H30N4/c1-2-10-22-11-8-17(9-12-22)19-13-16-14-20-21-18(16)15-6-4-3-5-7-15/h3-7,16-21H,2,8-14H2,1H3. The Balaban J connectivity index is 1.45. The fourth-order valence-corrected chi connectivity index (χ4v) is 3.74. The first-order valence-corrected chi connectivity index (χ1v) is 8.86. The van der Waals surface area contributed by atoms with Gasteiger partial charge in [0.15, 0.2) is 0 Å². The van der Waals surface area contributed by atoms with Gasteiger partial charge < -0.3 is 10.2 Å². The van der Waals surface area contributed by atoms with E-state index in [1.165, 1.54) is 44.5 Å². The van der Waals surface area contributed by atoms with Gasteiger partial charge in [-0.05, 0) is 44.5 Å². The van der Waals surface area contributed by atoms with E-state index in [-0.39, 0.29) is 0 Å². The zero-order chi connectivity index (χ0) is 15.2. The van der Waals surface area contributed by atoms with Gasteiger partial charge in [0.1, 0.15) is 0 Å². The summed E-state index contributed by atoms with van der Waals surface area (Å²) in [6, 6.07) is 11.9. The molecule has 2 saturated heterocycles. The molecule has 3 rings (SSSR count). The number of hydrogen-bond donors (Lipinski definition) is 3. The molecule has 0 saturated carbocycles. The van der Waals surface area contributed by atoms with Crippen molar-refractivity contribution < 1.29 is 0 Å². The van der Waals surface area contributed by atoms with E-state index in [1.54, 1.807) is 0 Å². The summed E-state index contributed by atoms with van der Waals surface area (Å²) in [7, 11) is 0. The molecular formula is C18H30N4. The second-order valence-electron chi connectivity index (χ2n) is 6.70. The number of benzene rings is 1. The lowest BCUT2D eigenvalue weighted by Crippen LogP contribution is -2.44. The topological polar surface area (TPSA) is 39.3 Å². The molecule has 122 valence electrons. The first-order valence-electron chi connectivity index (χ1n) is 8.86. The van der Waals surface area contributed by atoms with Gasteiger partial charge in [0.25, 0.3) is 0 Å². The smallest absolute Gasteiger partial charge is 0.0515 e. The van der Waals surface area contributed by atoms with Gasteiger partial charge in [0, 0.05) is 25.0 Å². The molecule has 2 aliphatic heterocycles. The van der Waals surface area contributed by atoms with Crippen LogP contribution in [0.1, 0.15) is 37.8 Å². The zero-order valence-electron chi connectivity index (χ0n) is 13.7. The third-order valence-corrected chi connectivity index (χ3v) is 5.05. The number of likely N-dealkylation sites (tertiary alicyclic amines) is 1. The van der Waals surface area contributed by atoms with Gasteiger partial charge in [-0.2, -0.15) is 0 Å². The van der Waals surface area contributed by atoms with Gasteiger partial charge in [-0.25, -0.2) is 5.43 Å². The first kappa shape index (κ1) is 15.9. The Hall–Kier alpha value is -0.940. The molecule has 1 aromatic rings. The predicted molar refractivity (Wildman–Crippen MR) is 91.6 cm³/mol. The SMILES string of the molecule is CCCN1CCC(NCC2CNNC2c2ccccc2)CC1. The van der Waals surface area contributed by atoms with E-state index in [1.807, 2.05) is 0 Å². The fourth-order valence-electron chi connectivity index (χ4n) is 3.74. The maximum atomic E-state index is 3.82. The van der Waals surface area contributed by atoms with Crippen LogP contribution in [0.2, 0.25) is 0 Å². The van der Waals surface area contributed by atoms with Crippen molar-refractivity contribution in [3.05, 3.63) is 35.9 Å². The zero-order valence-corrected chi connectivity index (χ0v) is 13.7. The van der Waals surface area contributed by atoms with E-state index < -0.39 is 0 Å². The van der Waals surface area contributed by atoms with Crippen molar-refractivity contribution in [2.45, 2.75) is 38.3 Å². The lowest BCUT2D eigenvalue weighted by molar-refractivity contribution is 0.194. The van der Waals surface area contributed by atoms with Crippen LogP contribution in [-0.2, 0) is 0 Å². The molecule has 0 bridgehead atoms.